The van der Waals surface area contributed by atoms with Crippen LogP contribution in [0.4, 0.5) is 5.69 Å². The van der Waals surface area contributed by atoms with Crippen molar-refractivity contribution in [2.45, 2.75) is 18.9 Å². The standard InChI is InChI=1S/C13H17N3OS/c1-16(8-12(14)18)11-7-6-9-4-2-3-5-10(9)15-13(11)17/h2-5,11H,6-8H2,1H3,(H2,14,18)(H,15,17). The van der Waals surface area contributed by atoms with E-state index in [-0.39, 0.29) is 11.9 Å². The number of thiocarbonyl (C=S) groups is 1. The van der Waals surface area contributed by atoms with Crippen molar-refractivity contribution >= 4 is 28.8 Å². The molecule has 3 N–H and O–H groups in total. The van der Waals surface area contributed by atoms with Crippen molar-refractivity contribution in [3.63, 3.8) is 0 Å². The average Bonchev–Trinajstić information content (AvgIpc) is 2.46. The van der Waals surface area contributed by atoms with Gasteiger partial charge in [0.1, 0.15) is 0 Å². The van der Waals surface area contributed by atoms with E-state index in [4.69, 9.17) is 18.0 Å². The number of para-hydroxylation sites is 1. The van der Waals surface area contributed by atoms with Crippen molar-refractivity contribution in [3.05, 3.63) is 29.8 Å². The number of likely N-dealkylation sites (N-methyl/N-ethyl adjacent to an activating group) is 1. The van der Waals surface area contributed by atoms with Crippen molar-refractivity contribution in [2.75, 3.05) is 18.9 Å². The number of hydrogen-bond acceptors (Lipinski definition) is 3. The molecule has 1 aromatic rings. The number of hydrogen-bond donors (Lipinski definition) is 2. The predicted octanol–water partition coefficient (Wildman–Crippen LogP) is 1.16. The summed E-state index contributed by atoms with van der Waals surface area (Å²) in [7, 11) is 1.87. The Morgan fingerprint density at radius 3 is 3.00 bits per heavy atom. The van der Waals surface area contributed by atoms with Gasteiger partial charge in [0.2, 0.25) is 5.91 Å². The van der Waals surface area contributed by atoms with Gasteiger partial charge in [-0.25, -0.2) is 0 Å². The second-order valence-corrected chi connectivity index (χ2v) is 5.11. The van der Waals surface area contributed by atoms with Crippen LogP contribution in [0.2, 0.25) is 0 Å². The first kappa shape index (κ1) is 13.0. The van der Waals surface area contributed by atoms with Gasteiger partial charge in [0, 0.05) is 12.2 Å². The Labute approximate surface area is 112 Å². The third-order valence-corrected chi connectivity index (χ3v) is 3.33. The predicted molar refractivity (Wildman–Crippen MR) is 76.6 cm³/mol. The smallest absolute Gasteiger partial charge is 0.241 e. The number of nitrogens with one attached hydrogen (secondary N) is 1. The molecule has 0 fully saturated rings. The number of carbonyl (C=O) groups is 1. The van der Waals surface area contributed by atoms with E-state index in [1.54, 1.807) is 0 Å². The van der Waals surface area contributed by atoms with Gasteiger partial charge in [0.25, 0.3) is 0 Å². The normalized spacial score (nSPS) is 19.0. The minimum absolute atomic E-state index is 0.0127. The highest BCUT2D eigenvalue weighted by molar-refractivity contribution is 7.80. The fourth-order valence-electron chi connectivity index (χ4n) is 2.28. The Bertz CT molecular complexity index is 475. The van der Waals surface area contributed by atoms with Gasteiger partial charge >= 0.3 is 0 Å². The molecule has 1 aliphatic rings. The lowest BCUT2D eigenvalue weighted by molar-refractivity contribution is -0.120. The van der Waals surface area contributed by atoms with Gasteiger partial charge in [0.05, 0.1) is 11.0 Å². The molecule has 1 atom stereocenters. The van der Waals surface area contributed by atoms with Gasteiger partial charge in [-0.05, 0) is 31.5 Å². The molecule has 96 valence electrons. The lowest BCUT2D eigenvalue weighted by Crippen LogP contribution is -2.44. The zero-order chi connectivity index (χ0) is 13.1. The van der Waals surface area contributed by atoms with Crippen LogP contribution in [0.1, 0.15) is 12.0 Å². The van der Waals surface area contributed by atoms with Gasteiger partial charge < -0.3 is 11.1 Å². The van der Waals surface area contributed by atoms with E-state index in [1.165, 1.54) is 5.56 Å². The quantitative estimate of drug-likeness (QED) is 0.803. The summed E-state index contributed by atoms with van der Waals surface area (Å²) in [5.41, 5.74) is 7.62. The minimum atomic E-state index is -0.182. The molecule has 0 radical (unpaired) electrons. The van der Waals surface area contributed by atoms with Crippen molar-refractivity contribution < 1.29 is 4.79 Å². The van der Waals surface area contributed by atoms with E-state index < -0.39 is 0 Å². The van der Waals surface area contributed by atoms with E-state index in [9.17, 15) is 4.79 Å². The number of rotatable bonds is 3. The Morgan fingerprint density at radius 1 is 1.56 bits per heavy atom. The molecule has 1 amide bonds. The van der Waals surface area contributed by atoms with Crippen LogP contribution in [0.15, 0.2) is 24.3 Å². The van der Waals surface area contributed by atoms with Crippen LogP contribution in [0.3, 0.4) is 0 Å². The number of benzene rings is 1. The molecule has 0 aliphatic carbocycles. The van der Waals surface area contributed by atoms with Crippen LogP contribution in [0.5, 0.6) is 0 Å². The van der Waals surface area contributed by atoms with Crippen LogP contribution in [-0.2, 0) is 11.2 Å². The number of aryl methyl sites for hydroxylation is 1. The average molecular weight is 263 g/mol. The maximum absolute atomic E-state index is 12.2. The summed E-state index contributed by atoms with van der Waals surface area (Å²) in [6, 6.07) is 7.72. The molecule has 0 saturated carbocycles. The van der Waals surface area contributed by atoms with Crippen LogP contribution in [0.25, 0.3) is 0 Å². The fraction of sp³-hybridized carbons (Fsp3) is 0.385. The molecule has 0 aromatic heterocycles. The summed E-state index contributed by atoms with van der Waals surface area (Å²) in [5, 5.41) is 2.96. The Hall–Kier alpha value is -1.46. The van der Waals surface area contributed by atoms with Crippen molar-refractivity contribution in [1.29, 1.82) is 0 Å². The Kier molecular flexibility index (Phi) is 3.93. The third kappa shape index (κ3) is 2.86. The molecule has 1 unspecified atom stereocenters. The Balaban J connectivity index is 2.14. The largest absolute Gasteiger partial charge is 0.392 e. The highest BCUT2D eigenvalue weighted by atomic mass is 32.1. The summed E-state index contributed by atoms with van der Waals surface area (Å²) in [5.74, 6) is 0.0127. The first-order chi connectivity index (χ1) is 8.58. The SMILES string of the molecule is CN(CC(N)=S)C1CCc2ccccc2NC1=O. The van der Waals surface area contributed by atoms with Crippen molar-refractivity contribution in [1.82, 2.24) is 4.90 Å². The summed E-state index contributed by atoms with van der Waals surface area (Å²) in [6.07, 6.45) is 1.66. The Morgan fingerprint density at radius 2 is 2.28 bits per heavy atom. The summed E-state index contributed by atoms with van der Waals surface area (Å²) >= 11 is 4.89. The molecular weight excluding hydrogens is 246 g/mol. The molecule has 0 saturated heterocycles. The van der Waals surface area contributed by atoms with E-state index in [0.29, 0.717) is 11.5 Å². The van der Waals surface area contributed by atoms with Crippen LogP contribution < -0.4 is 11.1 Å². The molecule has 1 aromatic carbocycles. The van der Waals surface area contributed by atoms with E-state index in [2.05, 4.69) is 5.32 Å². The van der Waals surface area contributed by atoms with Crippen molar-refractivity contribution in [3.8, 4) is 0 Å². The van der Waals surface area contributed by atoms with E-state index in [1.807, 2.05) is 36.2 Å². The molecule has 5 heteroatoms. The zero-order valence-electron chi connectivity index (χ0n) is 10.3. The van der Waals surface area contributed by atoms with Gasteiger partial charge in [-0.2, -0.15) is 0 Å². The lowest BCUT2D eigenvalue weighted by atomic mass is 10.1. The topological polar surface area (TPSA) is 58.4 Å². The van der Waals surface area contributed by atoms with E-state index in [0.717, 1.165) is 18.5 Å². The van der Waals surface area contributed by atoms with Crippen molar-refractivity contribution in [2.24, 2.45) is 5.73 Å². The number of amides is 1. The number of fused-ring (bicyclic) bond motifs is 1. The number of nitrogens with zero attached hydrogens (tertiary/aromatic N) is 1. The summed E-state index contributed by atoms with van der Waals surface area (Å²) in [6.45, 7) is 0.462. The monoisotopic (exact) mass is 263 g/mol. The first-order valence-corrected chi connectivity index (χ1v) is 6.36. The van der Waals surface area contributed by atoms with Gasteiger partial charge in [-0.1, -0.05) is 30.4 Å². The second-order valence-electron chi connectivity index (χ2n) is 4.58. The number of nitrogens with two attached hydrogens (primary N) is 1. The molecular formula is C13H17N3OS. The highest BCUT2D eigenvalue weighted by Gasteiger charge is 2.26. The third-order valence-electron chi connectivity index (χ3n) is 3.20. The molecule has 0 spiro atoms. The number of carbonyl (C=O) groups excluding carboxylic acids is 1. The summed E-state index contributed by atoms with van der Waals surface area (Å²) in [4.78, 5) is 14.5. The van der Waals surface area contributed by atoms with Gasteiger partial charge in [0.15, 0.2) is 0 Å². The number of anilines is 1. The first-order valence-electron chi connectivity index (χ1n) is 5.95. The zero-order valence-corrected chi connectivity index (χ0v) is 11.2. The lowest BCUT2D eigenvalue weighted by Gasteiger charge is -2.24. The molecule has 2 rings (SSSR count). The maximum Gasteiger partial charge on any atom is 0.241 e. The van der Waals surface area contributed by atoms with Crippen LogP contribution in [0, 0.1) is 0 Å². The molecule has 4 nitrogen and oxygen atoms in total. The second kappa shape index (κ2) is 5.46. The van der Waals surface area contributed by atoms with Crippen LogP contribution >= 0.6 is 12.2 Å². The molecule has 1 heterocycles. The van der Waals surface area contributed by atoms with Gasteiger partial charge in [-0.3, -0.25) is 9.69 Å². The molecule has 18 heavy (non-hydrogen) atoms. The highest BCUT2D eigenvalue weighted by Crippen LogP contribution is 2.23. The fourth-order valence-corrected chi connectivity index (χ4v) is 2.48. The minimum Gasteiger partial charge on any atom is -0.392 e. The van der Waals surface area contributed by atoms with Gasteiger partial charge in [-0.15, -0.1) is 0 Å². The molecule has 0 bridgehead atoms. The molecule has 1 aliphatic heterocycles. The maximum atomic E-state index is 12.2. The van der Waals surface area contributed by atoms with E-state index >= 15 is 0 Å². The summed E-state index contributed by atoms with van der Waals surface area (Å²) < 4.78 is 0. The van der Waals surface area contributed by atoms with Crippen LogP contribution in [-0.4, -0.2) is 35.4 Å².